The number of hydrogen-bond donors (Lipinski definition) is 0. The summed E-state index contributed by atoms with van der Waals surface area (Å²) in [6.07, 6.45) is 63.0. The molecule has 0 aliphatic carbocycles. The highest BCUT2D eigenvalue weighted by molar-refractivity contribution is 5.71. The first-order valence-corrected chi connectivity index (χ1v) is 28.8. The van der Waals surface area contributed by atoms with E-state index in [1.165, 1.54) is 212 Å². The number of carbonyl (C=O) groups is 3. The van der Waals surface area contributed by atoms with E-state index in [1.54, 1.807) is 0 Å². The van der Waals surface area contributed by atoms with Crippen LogP contribution in [0.3, 0.4) is 0 Å². The van der Waals surface area contributed by atoms with Crippen LogP contribution in [0.4, 0.5) is 0 Å². The van der Waals surface area contributed by atoms with Gasteiger partial charge in [-0.15, -0.1) is 0 Å². The minimum absolute atomic E-state index is 0.0715. The van der Waals surface area contributed by atoms with Crippen LogP contribution in [-0.2, 0) is 28.6 Å². The molecule has 0 N–H and O–H groups in total. The van der Waals surface area contributed by atoms with Crippen LogP contribution >= 0.6 is 0 Å². The number of carbonyl (C=O) groups excluding carboxylic acids is 3. The number of rotatable bonds is 53. The van der Waals surface area contributed by atoms with Crippen LogP contribution in [0, 0.1) is 0 Å². The van der Waals surface area contributed by atoms with Gasteiger partial charge in [-0.05, 0) is 70.6 Å². The smallest absolute Gasteiger partial charge is 0.306 e. The van der Waals surface area contributed by atoms with Gasteiger partial charge in [0.05, 0.1) is 0 Å². The molecule has 0 radical (unpaired) electrons. The highest BCUT2D eigenvalue weighted by atomic mass is 16.6. The van der Waals surface area contributed by atoms with Gasteiger partial charge in [-0.3, -0.25) is 14.4 Å². The van der Waals surface area contributed by atoms with Crippen molar-refractivity contribution in [2.45, 2.75) is 322 Å². The van der Waals surface area contributed by atoms with Gasteiger partial charge in [0.15, 0.2) is 6.10 Å². The van der Waals surface area contributed by atoms with Crippen LogP contribution in [-0.4, -0.2) is 37.2 Å². The third-order valence-electron chi connectivity index (χ3n) is 12.9. The molecule has 6 nitrogen and oxygen atoms in total. The lowest BCUT2D eigenvalue weighted by molar-refractivity contribution is -0.167. The van der Waals surface area contributed by atoms with Gasteiger partial charge in [0.1, 0.15) is 13.2 Å². The second kappa shape index (κ2) is 54.5. The number of unbranched alkanes of at least 4 members (excludes halogenated alkanes) is 38. The lowest BCUT2D eigenvalue weighted by atomic mass is 10.0. The lowest BCUT2D eigenvalue weighted by Gasteiger charge is -2.18. The molecule has 1 atom stereocenters. The zero-order valence-electron chi connectivity index (χ0n) is 43.8. The van der Waals surface area contributed by atoms with Gasteiger partial charge in [-0.1, -0.05) is 251 Å². The van der Waals surface area contributed by atoms with E-state index < -0.39 is 6.10 Å². The number of hydrogen-bond acceptors (Lipinski definition) is 6. The molecule has 0 unspecified atom stereocenters. The average molecular weight is 916 g/mol. The van der Waals surface area contributed by atoms with Crippen LogP contribution in [0.1, 0.15) is 316 Å². The molecule has 0 aromatic rings. The Bertz CT molecular complexity index is 1050. The largest absolute Gasteiger partial charge is 0.462 e. The molecule has 0 rings (SSSR count). The molecule has 65 heavy (non-hydrogen) atoms. The van der Waals surface area contributed by atoms with E-state index in [0.717, 1.165) is 64.2 Å². The summed E-state index contributed by atoms with van der Waals surface area (Å²) in [7, 11) is 0. The summed E-state index contributed by atoms with van der Waals surface area (Å²) in [5, 5.41) is 0. The summed E-state index contributed by atoms with van der Waals surface area (Å²) in [6, 6.07) is 0. The number of esters is 3. The van der Waals surface area contributed by atoms with Gasteiger partial charge in [0, 0.05) is 19.3 Å². The predicted octanol–water partition coefficient (Wildman–Crippen LogP) is 19.1. The van der Waals surface area contributed by atoms with Crippen molar-refractivity contribution in [1.82, 2.24) is 0 Å². The summed E-state index contributed by atoms with van der Waals surface area (Å²) in [6.45, 7) is 6.67. The summed E-state index contributed by atoms with van der Waals surface area (Å²) >= 11 is 0. The summed E-state index contributed by atoms with van der Waals surface area (Å²) in [5.41, 5.74) is 0. The Kier molecular flexibility index (Phi) is 52.7. The maximum atomic E-state index is 12.8. The van der Waals surface area contributed by atoms with Crippen LogP contribution in [0.25, 0.3) is 0 Å². The van der Waals surface area contributed by atoms with Gasteiger partial charge in [0.2, 0.25) is 0 Å². The van der Waals surface area contributed by atoms with E-state index in [-0.39, 0.29) is 31.1 Å². The zero-order valence-corrected chi connectivity index (χ0v) is 43.8. The maximum Gasteiger partial charge on any atom is 0.306 e. The maximum absolute atomic E-state index is 12.8. The Labute approximate surface area is 404 Å². The molecular formula is C59H110O6. The first kappa shape index (κ1) is 62.9. The van der Waals surface area contributed by atoms with Crippen LogP contribution in [0.15, 0.2) is 24.3 Å². The molecule has 0 aromatic carbocycles. The van der Waals surface area contributed by atoms with Crippen molar-refractivity contribution in [2.24, 2.45) is 0 Å². The van der Waals surface area contributed by atoms with Crippen molar-refractivity contribution < 1.29 is 28.6 Å². The molecule has 0 saturated carbocycles. The fourth-order valence-corrected chi connectivity index (χ4v) is 8.55. The Morgan fingerprint density at radius 2 is 0.508 bits per heavy atom. The minimum atomic E-state index is -0.773. The second-order valence-electron chi connectivity index (χ2n) is 19.6. The molecular weight excluding hydrogens is 805 g/mol. The molecule has 0 aromatic heterocycles. The monoisotopic (exact) mass is 915 g/mol. The summed E-state index contributed by atoms with van der Waals surface area (Å²) in [4.78, 5) is 38.1. The topological polar surface area (TPSA) is 78.9 Å². The van der Waals surface area contributed by atoms with Gasteiger partial charge >= 0.3 is 17.9 Å². The van der Waals surface area contributed by atoms with E-state index >= 15 is 0 Å². The Morgan fingerprint density at radius 3 is 0.769 bits per heavy atom. The number of allylic oxidation sites excluding steroid dienone is 4. The molecule has 0 spiro atoms. The zero-order chi connectivity index (χ0) is 47.2. The van der Waals surface area contributed by atoms with Crippen molar-refractivity contribution in [3.63, 3.8) is 0 Å². The Balaban J connectivity index is 4.34. The molecule has 0 fully saturated rings. The Morgan fingerprint density at radius 1 is 0.292 bits per heavy atom. The van der Waals surface area contributed by atoms with E-state index in [4.69, 9.17) is 14.2 Å². The normalized spacial score (nSPS) is 12.1. The third kappa shape index (κ3) is 52.7. The van der Waals surface area contributed by atoms with Gasteiger partial charge in [0.25, 0.3) is 0 Å². The van der Waals surface area contributed by atoms with Crippen molar-refractivity contribution in [1.29, 1.82) is 0 Å². The molecule has 0 heterocycles. The number of ether oxygens (including phenoxy) is 3. The van der Waals surface area contributed by atoms with Gasteiger partial charge in [-0.25, -0.2) is 0 Å². The standard InChI is InChI=1S/C59H110O6/c1-4-7-10-13-16-19-22-25-28-29-32-34-37-40-43-46-49-52-58(61)64-55-56(65-59(62)53-50-47-44-41-38-35-31-27-24-21-18-15-12-9-6-3)54-63-57(60)51-48-45-42-39-36-33-30-26-23-20-17-14-11-8-5-2/h25,27-28,31,56H,4-24,26,29-30,32-55H2,1-3H3/t56-/m1/s1. The van der Waals surface area contributed by atoms with Crippen molar-refractivity contribution >= 4 is 17.9 Å². The third-order valence-corrected chi connectivity index (χ3v) is 12.9. The highest BCUT2D eigenvalue weighted by Gasteiger charge is 2.19. The van der Waals surface area contributed by atoms with Crippen molar-refractivity contribution in [3.8, 4) is 0 Å². The lowest BCUT2D eigenvalue weighted by Crippen LogP contribution is -2.30. The Hall–Kier alpha value is -2.11. The molecule has 0 aliphatic heterocycles. The fraction of sp³-hybridized carbons (Fsp3) is 0.881. The molecule has 0 bridgehead atoms. The second-order valence-corrected chi connectivity index (χ2v) is 19.6. The van der Waals surface area contributed by atoms with E-state index in [0.29, 0.717) is 19.3 Å². The first-order valence-electron chi connectivity index (χ1n) is 28.8. The van der Waals surface area contributed by atoms with Crippen LogP contribution in [0.2, 0.25) is 0 Å². The quantitative estimate of drug-likeness (QED) is 0.0262. The average Bonchev–Trinajstić information content (AvgIpc) is 3.30. The predicted molar refractivity (Wildman–Crippen MR) is 279 cm³/mol. The minimum Gasteiger partial charge on any atom is -0.462 e. The summed E-state index contributed by atoms with van der Waals surface area (Å²) < 4.78 is 16.9. The van der Waals surface area contributed by atoms with Crippen molar-refractivity contribution in [2.75, 3.05) is 13.2 Å². The van der Waals surface area contributed by atoms with E-state index in [1.807, 2.05) is 0 Å². The van der Waals surface area contributed by atoms with E-state index in [9.17, 15) is 14.4 Å². The molecule has 382 valence electrons. The fourth-order valence-electron chi connectivity index (χ4n) is 8.55. The summed E-state index contributed by atoms with van der Waals surface area (Å²) in [5.74, 6) is -0.865. The molecule has 0 aliphatic rings. The highest BCUT2D eigenvalue weighted by Crippen LogP contribution is 2.16. The van der Waals surface area contributed by atoms with E-state index in [2.05, 4.69) is 45.1 Å². The van der Waals surface area contributed by atoms with Crippen LogP contribution < -0.4 is 0 Å². The molecule has 6 heteroatoms. The van der Waals surface area contributed by atoms with Crippen LogP contribution in [0.5, 0.6) is 0 Å². The van der Waals surface area contributed by atoms with Gasteiger partial charge in [-0.2, -0.15) is 0 Å². The van der Waals surface area contributed by atoms with Gasteiger partial charge < -0.3 is 14.2 Å². The SMILES string of the molecule is CCCCCCCCC=CCCCCCCCCCC(=O)OC[C@@H](COC(=O)CCCCCCCCCCCCCCCCC)OC(=O)CCCCCCCC=CCCCCCCCC. The first-order chi connectivity index (χ1) is 32.0. The molecule has 0 saturated heterocycles. The molecule has 0 amide bonds. The van der Waals surface area contributed by atoms with Crippen molar-refractivity contribution in [3.05, 3.63) is 24.3 Å².